The van der Waals surface area contributed by atoms with Gasteiger partial charge in [-0.25, -0.2) is 4.57 Å². The van der Waals surface area contributed by atoms with Crippen molar-refractivity contribution in [1.82, 2.24) is 0 Å². The lowest BCUT2D eigenvalue weighted by Gasteiger charge is -2.24. The number of carbonyl (C=O) groups is 2. The average Bonchev–Trinajstić information content (AvgIpc) is 3.94. The molecule has 1 fully saturated rings. The Bertz CT molecular complexity index is 1300. The van der Waals surface area contributed by atoms with E-state index in [9.17, 15) is 19.0 Å². The Kier molecular flexibility index (Phi) is 33.3. The minimum atomic E-state index is -4.40. The number of nitrogens with zero attached hydrogens (tertiary/aromatic N) is 1. The molecular weight excluding hydrogens is 766 g/mol. The molecule has 0 aromatic rings. The molecule has 1 heterocycles. The largest absolute Gasteiger partial charge is 0.472 e. The Morgan fingerprint density at radius 1 is 0.644 bits per heavy atom. The monoisotopic (exact) mass is 849 g/mol. The number of ether oxygens (including phenoxy) is 3. The first kappa shape index (κ1) is 54.4. The number of carbonyl (C=O) groups excluding carboxylic acids is 2. The molecule has 1 rings (SSSR count). The molecule has 0 aromatic heterocycles. The number of unbranched alkanes of at least 4 members (excludes halogenated alkanes) is 10. The third kappa shape index (κ3) is 36.9. The maximum Gasteiger partial charge on any atom is 0.472 e. The van der Waals surface area contributed by atoms with Crippen molar-refractivity contribution in [1.29, 1.82) is 0 Å². The van der Waals surface area contributed by atoms with E-state index in [0.29, 0.717) is 36.1 Å². The maximum absolute atomic E-state index is 12.7. The molecule has 4 atom stereocenters. The zero-order valence-corrected chi connectivity index (χ0v) is 38.5. The molecule has 0 radical (unpaired) electrons. The van der Waals surface area contributed by atoms with Crippen LogP contribution >= 0.6 is 7.82 Å². The number of allylic oxidation sites excluding steroid dienone is 11. The van der Waals surface area contributed by atoms with Crippen molar-refractivity contribution in [2.75, 3.05) is 47.5 Å². The van der Waals surface area contributed by atoms with E-state index in [2.05, 4.69) is 86.8 Å². The fraction of sp³-hybridized carbons (Fsp3) is 0.708. The standard InChI is InChI=1S/C48H82NO9P/c1-6-8-10-12-14-15-16-17-18-19-20-21-22-23-24-25-26-30-35-39-48(51)57-44(43-56-59(52,53)55-41-40-49(3,4)5)42-54-47(50)38-34-31-27-29-33-37-46-45(58-46)36-32-28-13-11-9-7-2/h8,10,14-15,17-18,20-21,23-24,28,32,44-46H,6-7,9,11-13,16,19,22,25-27,29-31,33-43H2,1-5H3/p+1/b10-8-,15-14-,18-17-,21-20-,24-23-,32-28-/t44-,45?,46?/m1/s1. The summed E-state index contributed by atoms with van der Waals surface area (Å²) in [6.45, 7) is 4.19. The van der Waals surface area contributed by atoms with Gasteiger partial charge in [-0.15, -0.1) is 0 Å². The second-order valence-corrected chi connectivity index (χ2v) is 17.9. The van der Waals surface area contributed by atoms with E-state index in [1.807, 2.05) is 21.1 Å². The lowest BCUT2D eigenvalue weighted by Crippen LogP contribution is -2.37. The van der Waals surface area contributed by atoms with Gasteiger partial charge in [0.1, 0.15) is 19.8 Å². The van der Waals surface area contributed by atoms with E-state index in [1.54, 1.807) is 0 Å². The van der Waals surface area contributed by atoms with E-state index >= 15 is 0 Å². The van der Waals surface area contributed by atoms with Crippen molar-refractivity contribution >= 4 is 19.8 Å². The summed E-state index contributed by atoms with van der Waals surface area (Å²) in [5.74, 6) is -0.866. The normalized spacial score (nSPS) is 17.7. The smallest absolute Gasteiger partial charge is 0.462 e. The van der Waals surface area contributed by atoms with Crippen LogP contribution in [0.5, 0.6) is 0 Å². The minimum Gasteiger partial charge on any atom is -0.462 e. The van der Waals surface area contributed by atoms with Crippen LogP contribution in [0.25, 0.3) is 0 Å². The van der Waals surface area contributed by atoms with Crippen LogP contribution in [0.3, 0.4) is 0 Å². The van der Waals surface area contributed by atoms with E-state index in [-0.39, 0.29) is 26.1 Å². The highest BCUT2D eigenvalue weighted by atomic mass is 31.2. The summed E-state index contributed by atoms with van der Waals surface area (Å²) in [5, 5.41) is 0. The Balaban J connectivity index is 2.31. The van der Waals surface area contributed by atoms with E-state index in [1.165, 1.54) is 19.3 Å². The van der Waals surface area contributed by atoms with Crippen molar-refractivity contribution in [2.45, 2.75) is 173 Å². The number of quaternary nitrogens is 1. The number of hydrogen-bond acceptors (Lipinski definition) is 8. The van der Waals surface area contributed by atoms with Crippen molar-refractivity contribution in [3.05, 3.63) is 72.9 Å². The number of phosphoric ester groups is 1. The molecular formula is C48H83NO9P+. The number of epoxide rings is 1. The second kappa shape index (κ2) is 36.1. The van der Waals surface area contributed by atoms with Gasteiger partial charge >= 0.3 is 19.8 Å². The lowest BCUT2D eigenvalue weighted by atomic mass is 10.1. The third-order valence-electron chi connectivity index (χ3n) is 9.64. The van der Waals surface area contributed by atoms with Crippen molar-refractivity contribution in [3.8, 4) is 0 Å². The summed E-state index contributed by atoms with van der Waals surface area (Å²) in [5.41, 5.74) is 0. The number of phosphoric acid groups is 1. The average molecular weight is 849 g/mol. The lowest BCUT2D eigenvalue weighted by molar-refractivity contribution is -0.870. The fourth-order valence-corrected chi connectivity index (χ4v) is 6.73. The molecule has 0 spiro atoms. The molecule has 59 heavy (non-hydrogen) atoms. The van der Waals surface area contributed by atoms with Crippen molar-refractivity contribution < 1.29 is 46.8 Å². The highest BCUT2D eigenvalue weighted by molar-refractivity contribution is 7.47. The summed E-state index contributed by atoms with van der Waals surface area (Å²) in [7, 11) is 1.42. The number of esters is 2. The van der Waals surface area contributed by atoms with Gasteiger partial charge in [-0.3, -0.25) is 18.6 Å². The van der Waals surface area contributed by atoms with Gasteiger partial charge in [0.2, 0.25) is 0 Å². The summed E-state index contributed by atoms with van der Waals surface area (Å²) < 4.78 is 40.1. The van der Waals surface area contributed by atoms with Gasteiger partial charge in [0, 0.05) is 12.8 Å². The summed E-state index contributed by atoms with van der Waals surface area (Å²) in [6, 6.07) is 0. The molecule has 3 unspecified atom stereocenters. The maximum atomic E-state index is 12.7. The van der Waals surface area contributed by atoms with Gasteiger partial charge < -0.3 is 23.6 Å². The van der Waals surface area contributed by atoms with Crippen LogP contribution in [0.1, 0.15) is 155 Å². The third-order valence-corrected chi connectivity index (χ3v) is 10.6. The first-order chi connectivity index (χ1) is 28.5. The van der Waals surface area contributed by atoms with Gasteiger partial charge in [-0.1, -0.05) is 132 Å². The van der Waals surface area contributed by atoms with Crippen LogP contribution in [0.15, 0.2) is 72.9 Å². The minimum absolute atomic E-state index is 0.0159. The topological polar surface area (TPSA) is 121 Å². The zero-order valence-electron chi connectivity index (χ0n) is 37.7. The van der Waals surface area contributed by atoms with Crippen LogP contribution in [0.2, 0.25) is 0 Å². The molecule has 0 saturated carbocycles. The quantitative estimate of drug-likeness (QED) is 0.0161. The first-order valence-electron chi connectivity index (χ1n) is 22.8. The Hall–Kier alpha value is -2.59. The van der Waals surface area contributed by atoms with E-state index in [0.717, 1.165) is 96.3 Å². The molecule has 1 N–H and O–H groups in total. The molecule has 0 bridgehead atoms. The van der Waals surface area contributed by atoms with Crippen LogP contribution < -0.4 is 0 Å². The Morgan fingerprint density at radius 2 is 1.19 bits per heavy atom. The molecule has 1 aliphatic heterocycles. The van der Waals surface area contributed by atoms with Crippen LogP contribution in [0.4, 0.5) is 0 Å². The molecule has 10 nitrogen and oxygen atoms in total. The highest BCUT2D eigenvalue weighted by Crippen LogP contribution is 2.43. The van der Waals surface area contributed by atoms with Gasteiger partial charge in [0.15, 0.2) is 6.10 Å². The molecule has 0 amide bonds. The number of likely N-dealkylation sites (N-methyl/N-ethyl adjacent to an activating group) is 1. The zero-order chi connectivity index (χ0) is 43.3. The fourth-order valence-electron chi connectivity index (χ4n) is 5.99. The van der Waals surface area contributed by atoms with Gasteiger partial charge in [-0.2, -0.15) is 0 Å². The highest BCUT2D eigenvalue weighted by Gasteiger charge is 2.36. The van der Waals surface area contributed by atoms with Crippen molar-refractivity contribution in [2.24, 2.45) is 0 Å². The first-order valence-corrected chi connectivity index (χ1v) is 24.3. The number of hydrogen-bond donors (Lipinski definition) is 1. The summed E-state index contributed by atoms with van der Waals surface area (Å²) in [4.78, 5) is 35.5. The predicted octanol–water partition coefficient (Wildman–Crippen LogP) is 12.0. The van der Waals surface area contributed by atoms with Crippen molar-refractivity contribution in [3.63, 3.8) is 0 Å². The van der Waals surface area contributed by atoms with Gasteiger partial charge in [0.05, 0.1) is 40.0 Å². The molecule has 338 valence electrons. The van der Waals surface area contributed by atoms with Crippen LogP contribution in [-0.2, 0) is 37.4 Å². The number of rotatable bonds is 39. The summed E-state index contributed by atoms with van der Waals surface area (Å²) >= 11 is 0. The SMILES string of the molecule is CC/C=C\C/C=C\C/C=C\C/C=C\C/C=C\CCCCCC(=O)O[C@H](COC(=O)CCCCCCCC1OC1C/C=C\CCCCC)COP(=O)(O)OCC[N+](C)(C)C. The molecule has 0 aliphatic carbocycles. The molecule has 0 aromatic carbocycles. The van der Waals surface area contributed by atoms with Crippen LogP contribution in [-0.4, -0.2) is 87.1 Å². The van der Waals surface area contributed by atoms with Gasteiger partial charge in [0.25, 0.3) is 0 Å². The Labute approximate surface area is 359 Å². The molecule has 11 heteroatoms. The van der Waals surface area contributed by atoms with Crippen LogP contribution in [0, 0.1) is 0 Å². The summed E-state index contributed by atoms with van der Waals surface area (Å²) in [6.07, 6.45) is 46.8. The predicted molar refractivity (Wildman–Crippen MR) is 242 cm³/mol. The van der Waals surface area contributed by atoms with E-state index in [4.69, 9.17) is 23.3 Å². The van der Waals surface area contributed by atoms with E-state index < -0.39 is 32.5 Å². The Morgan fingerprint density at radius 3 is 1.81 bits per heavy atom. The molecule has 1 saturated heterocycles. The molecule has 1 aliphatic rings. The van der Waals surface area contributed by atoms with Gasteiger partial charge in [-0.05, 0) is 83.5 Å². The second-order valence-electron chi connectivity index (χ2n) is 16.4.